The van der Waals surface area contributed by atoms with Crippen LogP contribution in [0.1, 0.15) is 18.2 Å². The summed E-state index contributed by atoms with van der Waals surface area (Å²) in [6.07, 6.45) is 2.42. The lowest BCUT2D eigenvalue weighted by Crippen LogP contribution is -2.39. The van der Waals surface area contributed by atoms with Gasteiger partial charge >= 0.3 is 0 Å². The van der Waals surface area contributed by atoms with Gasteiger partial charge in [-0.05, 0) is 43.2 Å². The fraction of sp³-hybridized carbons (Fsp3) is 0.333. The van der Waals surface area contributed by atoms with Crippen LogP contribution in [0.15, 0.2) is 52.1 Å². The molecule has 0 radical (unpaired) electrons. The highest BCUT2D eigenvalue weighted by molar-refractivity contribution is 14.0. The van der Waals surface area contributed by atoms with Crippen LogP contribution in [-0.2, 0) is 17.8 Å². The first-order valence-corrected chi connectivity index (χ1v) is 8.61. The molecule has 0 aliphatic carbocycles. The Bertz CT molecular complexity index is 675. The summed E-state index contributed by atoms with van der Waals surface area (Å²) in [5, 5.41) is 9.83. The topological polar surface area (TPSA) is 78.7 Å². The molecular weight excluding hydrogens is 467 g/mol. The number of amides is 1. The summed E-state index contributed by atoms with van der Waals surface area (Å²) in [5.74, 6) is 1.17. The molecule has 26 heavy (non-hydrogen) atoms. The van der Waals surface area contributed by atoms with E-state index in [0.717, 1.165) is 18.0 Å². The molecule has 0 saturated carbocycles. The minimum absolute atomic E-state index is 0. The summed E-state index contributed by atoms with van der Waals surface area (Å²) >= 11 is 5.88. The van der Waals surface area contributed by atoms with Crippen LogP contribution in [0.25, 0.3) is 0 Å². The average Bonchev–Trinajstić information content (AvgIpc) is 3.13. The van der Waals surface area contributed by atoms with Crippen LogP contribution in [-0.4, -0.2) is 31.5 Å². The zero-order chi connectivity index (χ0) is 17.9. The van der Waals surface area contributed by atoms with Crippen LogP contribution in [0.5, 0.6) is 0 Å². The van der Waals surface area contributed by atoms with E-state index in [4.69, 9.17) is 16.0 Å². The van der Waals surface area contributed by atoms with Crippen LogP contribution >= 0.6 is 35.6 Å². The molecule has 2 rings (SSSR count). The van der Waals surface area contributed by atoms with Crippen molar-refractivity contribution < 1.29 is 9.21 Å². The zero-order valence-electron chi connectivity index (χ0n) is 14.6. The third kappa shape index (κ3) is 8.57. The van der Waals surface area contributed by atoms with Crippen LogP contribution in [0.3, 0.4) is 0 Å². The number of rotatable bonds is 8. The first-order valence-electron chi connectivity index (χ1n) is 8.23. The van der Waals surface area contributed by atoms with Gasteiger partial charge in [-0.1, -0.05) is 23.7 Å². The predicted octanol–water partition coefficient (Wildman–Crippen LogP) is 2.97. The first-order chi connectivity index (χ1) is 12.2. The number of hydrogen-bond donors (Lipinski definition) is 3. The van der Waals surface area contributed by atoms with Crippen LogP contribution in [0.2, 0.25) is 5.02 Å². The van der Waals surface area contributed by atoms with E-state index in [1.165, 1.54) is 5.56 Å². The van der Waals surface area contributed by atoms with Crippen molar-refractivity contribution in [1.82, 2.24) is 16.0 Å². The van der Waals surface area contributed by atoms with Crippen molar-refractivity contribution in [3.8, 4) is 0 Å². The second-order valence-corrected chi connectivity index (χ2v) is 5.79. The maximum absolute atomic E-state index is 11.8. The average molecular weight is 491 g/mol. The molecule has 0 aliphatic rings. The number of nitrogens with one attached hydrogen (secondary N) is 3. The molecule has 0 saturated heterocycles. The summed E-state index contributed by atoms with van der Waals surface area (Å²) < 4.78 is 5.17. The fourth-order valence-corrected chi connectivity index (χ4v) is 2.25. The number of furan rings is 1. The lowest BCUT2D eigenvalue weighted by Gasteiger charge is -2.11. The van der Waals surface area contributed by atoms with Crippen molar-refractivity contribution in [2.24, 2.45) is 4.99 Å². The highest BCUT2D eigenvalue weighted by Gasteiger charge is 2.03. The molecule has 1 heterocycles. The van der Waals surface area contributed by atoms with E-state index >= 15 is 0 Å². The molecule has 0 bridgehead atoms. The minimum atomic E-state index is -0.161. The van der Waals surface area contributed by atoms with Crippen molar-refractivity contribution in [3.05, 3.63) is 59.0 Å². The Morgan fingerprint density at radius 1 is 1.15 bits per heavy atom. The maximum Gasteiger partial charge on any atom is 0.242 e. The Kier molecular flexibility index (Phi) is 10.8. The Morgan fingerprint density at radius 2 is 1.92 bits per heavy atom. The van der Waals surface area contributed by atoms with Gasteiger partial charge in [-0.2, -0.15) is 0 Å². The highest BCUT2D eigenvalue weighted by Crippen LogP contribution is 2.09. The molecule has 3 N–H and O–H groups in total. The lowest BCUT2D eigenvalue weighted by atomic mass is 10.1. The van der Waals surface area contributed by atoms with Crippen molar-refractivity contribution in [1.29, 1.82) is 0 Å². The molecule has 0 spiro atoms. The number of benzene rings is 1. The third-order valence-corrected chi connectivity index (χ3v) is 3.64. The normalized spacial score (nSPS) is 10.8. The Balaban J connectivity index is 0.00000338. The molecule has 0 aliphatic heterocycles. The van der Waals surface area contributed by atoms with Gasteiger partial charge < -0.3 is 20.4 Å². The quantitative estimate of drug-likeness (QED) is 0.302. The van der Waals surface area contributed by atoms with Crippen LogP contribution in [0, 0.1) is 0 Å². The van der Waals surface area contributed by atoms with Gasteiger partial charge in [-0.25, -0.2) is 4.99 Å². The monoisotopic (exact) mass is 490 g/mol. The van der Waals surface area contributed by atoms with Crippen molar-refractivity contribution >= 4 is 47.4 Å². The molecule has 0 atom stereocenters. The maximum atomic E-state index is 11.8. The molecule has 2 aromatic rings. The van der Waals surface area contributed by atoms with Gasteiger partial charge in [-0.3, -0.25) is 4.79 Å². The standard InChI is InChI=1S/C18H23ClN4O2.HI/c1-2-20-18(21-10-9-14-5-7-15(19)8-6-14)23-13-17(24)22-12-16-4-3-11-25-16;/h3-8,11H,2,9-10,12-13H2,1H3,(H,22,24)(H2,20,21,23);1H. The first kappa shape index (κ1) is 22.3. The number of carbonyl (C=O) groups excluding carboxylic acids is 1. The summed E-state index contributed by atoms with van der Waals surface area (Å²) in [6.45, 7) is 3.83. The smallest absolute Gasteiger partial charge is 0.242 e. The number of halogens is 2. The summed E-state index contributed by atoms with van der Waals surface area (Å²) in [7, 11) is 0. The van der Waals surface area contributed by atoms with Crippen LogP contribution in [0.4, 0.5) is 0 Å². The number of nitrogens with zero attached hydrogens (tertiary/aromatic N) is 1. The number of carbonyl (C=O) groups is 1. The molecule has 0 unspecified atom stereocenters. The molecule has 8 heteroatoms. The van der Waals surface area contributed by atoms with E-state index in [2.05, 4.69) is 20.9 Å². The molecule has 1 aromatic heterocycles. The van der Waals surface area contributed by atoms with Gasteiger partial charge in [0.15, 0.2) is 5.96 Å². The van der Waals surface area contributed by atoms with Gasteiger partial charge in [0.1, 0.15) is 12.3 Å². The van der Waals surface area contributed by atoms with E-state index in [0.29, 0.717) is 24.8 Å². The van der Waals surface area contributed by atoms with Gasteiger partial charge in [0.05, 0.1) is 12.8 Å². The summed E-state index contributed by atoms with van der Waals surface area (Å²) in [5.41, 5.74) is 1.18. The second kappa shape index (κ2) is 12.6. The predicted molar refractivity (Wildman–Crippen MR) is 115 cm³/mol. The molecule has 1 amide bonds. The summed E-state index contributed by atoms with van der Waals surface area (Å²) in [4.78, 5) is 16.1. The van der Waals surface area contributed by atoms with E-state index in [-0.39, 0.29) is 36.4 Å². The molecule has 0 fully saturated rings. The van der Waals surface area contributed by atoms with Gasteiger partial charge in [0.2, 0.25) is 5.91 Å². The van der Waals surface area contributed by atoms with Gasteiger partial charge in [0.25, 0.3) is 0 Å². The molecule has 142 valence electrons. The third-order valence-electron chi connectivity index (χ3n) is 3.38. The van der Waals surface area contributed by atoms with E-state index < -0.39 is 0 Å². The highest BCUT2D eigenvalue weighted by atomic mass is 127. The minimum Gasteiger partial charge on any atom is -0.467 e. The van der Waals surface area contributed by atoms with E-state index in [1.54, 1.807) is 12.3 Å². The lowest BCUT2D eigenvalue weighted by molar-refractivity contribution is -0.119. The molecular formula is C18H24ClIN4O2. The molecule has 6 nitrogen and oxygen atoms in total. The SMILES string of the molecule is CCNC(=NCC(=O)NCc1ccco1)NCCc1ccc(Cl)cc1.I. The number of guanidine groups is 1. The number of hydrogen-bond acceptors (Lipinski definition) is 3. The Hall–Kier alpha value is -1.74. The zero-order valence-corrected chi connectivity index (χ0v) is 17.7. The summed E-state index contributed by atoms with van der Waals surface area (Å²) in [6, 6.07) is 11.3. The Labute approximate surface area is 175 Å². The largest absolute Gasteiger partial charge is 0.467 e. The van der Waals surface area contributed by atoms with Crippen molar-refractivity contribution in [2.75, 3.05) is 19.6 Å². The molecule has 1 aromatic carbocycles. The Morgan fingerprint density at radius 3 is 2.58 bits per heavy atom. The van der Waals surface area contributed by atoms with Gasteiger partial charge in [-0.15, -0.1) is 24.0 Å². The van der Waals surface area contributed by atoms with Crippen molar-refractivity contribution in [3.63, 3.8) is 0 Å². The van der Waals surface area contributed by atoms with E-state index in [9.17, 15) is 4.79 Å². The number of aliphatic imine (C=N–C) groups is 1. The van der Waals surface area contributed by atoms with Crippen LogP contribution < -0.4 is 16.0 Å². The van der Waals surface area contributed by atoms with E-state index in [1.807, 2.05) is 37.3 Å². The second-order valence-electron chi connectivity index (χ2n) is 5.35. The van der Waals surface area contributed by atoms with Gasteiger partial charge in [0, 0.05) is 18.1 Å². The van der Waals surface area contributed by atoms with Crippen molar-refractivity contribution in [2.45, 2.75) is 19.9 Å². The fourth-order valence-electron chi connectivity index (χ4n) is 2.12.